The van der Waals surface area contributed by atoms with Gasteiger partial charge in [-0.05, 0) is 63.5 Å². The van der Waals surface area contributed by atoms with Crippen molar-refractivity contribution in [1.29, 1.82) is 0 Å². The molecular formula is C22H21ClFN5OS. The van der Waals surface area contributed by atoms with Crippen molar-refractivity contribution in [3.8, 4) is 17.1 Å². The number of hydrogen-bond acceptors (Lipinski definition) is 6. The molecule has 4 rings (SSSR count). The highest BCUT2D eigenvalue weighted by molar-refractivity contribution is 7.98. The zero-order valence-corrected chi connectivity index (χ0v) is 18.9. The summed E-state index contributed by atoms with van der Waals surface area (Å²) in [5, 5.41) is 10.3. The summed E-state index contributed by atoms with van der Waals surface area (Å²) < 4.78 is 21.0. The summed E-state index contributed by atoms with van der Waals surface area (Å²) in [4.78, 5) is 6.56. The Morgan fingerprint density at radius 2 is 1.94 bits per heavy atom. The Hall–Kier alpha value is -2.68. The lowest BCUT2D eigenvalue weighted by atomic mass is 10.2. The molecule has 0 radical (unpaired) electrons. The van der Waals surface area contributed by atoms with Crippen molar-refractivity contribution in [2.75, 3.05) is 14.1 Å². The third-order valence-electron chi connectivity index (χ3n) is 4.86. The van der Waals surface area contributed by atoms with Gasteiger partial charge in [0, 0.05) is 22.0 Å². The highest BCUT2D eigenvalue weighted by Gasteiger charge is 2.21. The van der Waals surface area contributed by atoms with Crippen LogP contribution < -0.4 is 0 Å². The lowest BCUT2D eigenvalue weighted by molar-refractivity contribution is 0.305. The molecule has 0 bridgehead atoms. The van der Waals surface area contributed by atoms with Crippen LogP contribution in [0.15, 0.2) is 64.4 Å². The Balaban J connectivity index is 1.59. The van der Waals surface area contributed by atoms with Gasteiger partial charge in [0.15, 0.2) is 11.0 Å². The van der Waals surface area contributed by atoms with Gasteiger partial charge in [-0.2, -0.15) is 0 Å². The molecule has 9 heteroatoms. The fraction of sp³-hybridized carbons (Fsp3) is 0.227. The minimum Gasteiger partial charge on any atom is -0.444 e. The molecule has 0 spiro atoms. The first-order chi connectivity index (χ1) is 14.9. The van der Waals surface area contributed by atoms with Crippen molar-refractivity contribution >= 4 is 23.4 Å². The van der Waals surface area contributed by atoms with E-state index in [0.717, 1.165) is 22.4 Å². The summed E-state index contributed by atoms with van der Waals surface area (Å²) in [5.41, 5.74) is 2.26. The first-order valence-corrected chi connectivity index (χ1v) is 11.0. The van der Waals surface area contributed by atoms with Crippen LogP contribution in [0.4, 0.5) is 4.39 Å². The predicted molar refractivity (Wildman–Crippen MR) is 120 cm³/mol. The van der Waals surface area contributed by atoms with E-state index >= 15 is 0 Å². The van der Waals surface area contributed by atoms with Crippen LogP contribution in [0, 0.1) is 5.82 Å². The Labute approximate surface area is 189 Å². The van der Waals surface area contributed by atoms with Crippen molar-refractivity contribution in [2.45, 2.75) is 23.9 Å². The van der Waals surface area contributed by atoms with E-state index in [4.69, 9.17) is 16.0 Å². The fourth-order valence-corrected chi connectivity index (χ4v) is 3.94. The van der Waals surface area contributed by atoms with E-state index in [1.807, 2.05) is 42.9 Å². The summed E-state index contributed by atoms with van der Waals surface area (Å²) in [5.74, 6) is 1.41. The molecular weight excluding hydrogens is 437 g/mol. The lowest BCUT2D eigenvalue weighted by Crippen LogP contribution is -2.20. The van der Waals surface area contributed by atoms with Crippen LogP contribution in [-0.2, 0) is 5.75 Å². The maximum atomic E-state index is 13.5. The molecule has 1 atom stereocenters. The van der Waals surface area contributed by atoms with Gasteiger partial charge < -0.3 is 4.42 Å². The van der Waals surface area contributed by atoms with Crippen LogP contribution in [0.25, 0.3) is 17.1 Å². The average molecular weight is 458 g/mol. The number of rotatable bonds is 7. The first kappa shape index (κ1) is 21.5. The first-order valence-electron chi connectivity index (χ1n) is 9.63. The second-order valence-electron chi connectivity index (χ2n) is 7.24. The molecule has 0 saturated heterocycles. The van der Waals surface area contributed by atoms with E-state index in [1.165, 1.54) is 23.9 Å². The van der Waals surface area contributed by atoms with Gasteiger partial charge in [0.05, 0.1) is 11.7 Å². The molecule has 160 valence electrons. The van der Waals surface area contributed by atoms with E-state index in [2.05, 4.69) is 27.0 Å². The highest BCUT2D eigenvalue weighted by Crippen LogP contribution is 2.30. The predicted octanol–water partition coefficient (Wildman–Crippen LogP) is 5.63. The molecule has 0 fully saturated rings. The van der Waals surface area contributed by atoms with E-state index in [0.29, 0.717) is 22.2 Å². The smallest absolute Gasteiger partial charge is 0.226 e. The zero-order chi connectivity index (χ0) is 22.0. The summed E-state index contributed by atoms with van der Waals surface area (Å²) in [6, 6.07) is 13.8. The van der Waals surface area contributed by atoms with Crippen molar-refractivity contribution < 1.29 is 8.81 Å². The Bertz CT molecular complexity index is 1170. The van der Waals surface area contributed by atoms with Gasteiger partial charge in [0.25, 0.3) is 0 Å². The third-order valence-corrected chi connectivity index (χ3v) is 6.08. The van der Waals surface area contributed by atoms with Crippen LogP contribution in [0.3, 0.4) is 0 Å². The fourth-order valence-electron chi connectivity index (χ4n) is 2.97. The number of thioether (sulfide) groups is 1. The van der Waals surface area contributed by atoms with E-state index in [1.54, 1.807) is 18.4 Å². The van der Waals surface area contributed by atoms with Crippen LogP contribution in [0.2, 0.25) is 5.02 Å². The van der Waals surface area contributed by atoms with E-state index in [9.17, 15) is 4.39 Å². The number of halogens is 2. The molecule has 0 amide bonds. The minimum absolute atomic E-state index is 0.0594. The van der Waals surface area contributed by atoms with Gasteiger partial charge in [-0.1, -0.05) is 29.4 Å². The molecule has 2 aromatic carbocycles. The summed E-state index contributed by atoms with van der Waals surface area (Å²) >= 11 is 7.58. The number of oxazole rings is 1. The number of hydrogen-bond donors (Lipinski definition) is 0. The third kappa shape index (κ3) is 4.81. The van der Waals surface area contributed by atoms with Crippen molar-refractivity contribution in [3.05, 3.63) is 77.2 Å². The van der Waals surface area contributed by atoms with Gasteiger partial charge in [-0.15, -0.1) is 10.2 Å². The summed E-state index contributed by atoms with van der Waals surface area (Å²) in [6.45, 7) is 2.08. The maximum absolute atomic E-state index is 13.5. The second kappa shape index (κ2) is 9.21. The van der Waals surface area contributed by atoms with Crippen molar-refractivity contribution in [2.24, 2.45) is 0 Å². The van der Waals surface area contributed by atoms with Crippen molar-refractivity contribution in [1.82, 2.24) is 24.6 Å². The Kier molecular flexibility index (Phi) is 6.41. The number of aromatic nitrogens is 4. The monoisotopic (exact) mass is 457 g/mol. The molecule has 0 aliphatic carbocycles. The quantitative estimate of drug-likeness (QED) is 0.335. The van der Waals surface area contributed by atoms with Gasteiger partial charge in [-0.3, -0.25) is 9.47 Å². The molecule has 0 aliphatic heterocycles. The summed E-state index contributed by atoms with van der Waals surface area (Å²) in [7, 11) is 4.00. The van der Waals surface area contributed by atoms with E-state index < -0.39 is 0 Å². The topological polar surface area (TPSA) is 60.0 Å². The minimum atomic E-state index is -0.328. The Morgan fingerprint density at radius 3 is 2.65 bits per heavy atom. The summed E-state index contributed by atoms with van der Waals surface area (Å²) in [6.07, 6.45) is 1.58. The molecule has 0 unspecified atom stereocenters. The lowest BCUT2D eigenvalue weighted by Gasteiger charge is -2.20. The molecule has 0 aliphatic rings. The van der Waals surface area contributed by atoms with Gasteiger partial charge >= 0.3 is 0 Å². The van der Waals surface area contributed by atoms with Crippen molar-refractivity contribution in [3.63, 3.8) is 0 Å². The Morgan fingerprint density at radius 1 is 1.16 bits per heavy atom. The molecule has 4 aromatic rings. The molecule has 2 aromatic heterocycles. The average Bonchev–Trinajstić information content (AvgIpc) is 3.39. The zero-order valence-electron chi connectivity index (χ0n) is 17.3. The van der Waals surface area contributed by atoms with Crippen LogP contribution in [-0.4, -0.2) is 38.7 Å². The normalized spacial score (nSPS) is 12.5. The molecule has 2 heterocycles. The van der Waals surface area contributed by atoms with Gasteiger partial charge in [0.2, 0.25) is 5.89 Å². The van der Waals surface area contributed by atoms with Crippen LogP contribution in [0.1, 0.15) is 24.5 Å². The van der Waals surface area contributed by atoms with Crippen LogP contribution in [0.5, 0.6) is 0 Å². The molecule has 6 nitrogen and oxygen atoms in total. The van der Waals surface area contributed by atoms with E-state index in [-0.39, 0.29) is 11.9 Å². The largest absolute Gasteiger partial charge is 0.444 e. The number of nitrogens with zero attached hydrogens (tertiary/aromatic N) is 5. The van der Waals surface area contributed by atoms with Gasteiger partial charge in [-0.25, -0.2) is 9.37 Å². The second-order valence-corrected chi connectivity index (χ2v) is 8.61. The maximum Gasteiger partial charge on any atom is 0.226 e. The molecule has 0 N–H and O–H groups in total. The molecule has 31 heavy (non-hydrogen) atoms. The highest BCUT2D eigenvalue weighted by atomic mass is 35.5. The SMILES string of the molecule is C[C@H](c1nnc(SCc2coc(-c3cccc(F)c3)n2)n1-c1ccc(Cl)cc1)N(C)C. The standard InChI is InChI=1S/C22H21ClFN5OS/c1-14(28(2)3)20-26-27-22(29(20)19-9-7-16(23)8-10-19)31-13-18-12-30-21(25-18)15-5-4-6-17(24)11-15/h4-12,14H,13H2,1-3H3/t14-/m1/s1. The van der Waals surface area contributed by atoms with Crippen LogP contribution >= 0.6 is 23.4 Å². The molecule has 0 saturated carbocycles. The number of benzene rings is 2. The van der Waals surface area contributed by atoms with Gasteiger partial charge in [0.1, 0.15) is 12.1 Å².